The second kappa shape index (κ2) is 17.4. The first kappa shape index (κ1) is 36.2. The van der Waals surface area contributed by atoms with Crippen molar-refractivity contribution in [3.63, 3.8) is 0 Å². The molecule has 1 N–H and O–H groups in total. The van der Waals surface area contributed by atoms with E-state index in [4.69, 9.17) is 37.9 Å². The molecule has 10 atom stereocenters. The fourth-order valence-electron chi connectivity index (χ4n) is 5.55. The van der Waals surface area contributed by atoms with Crippen LogP contribution in [0.1, 0.15) is 45.0 Å². The molecule has 14 nitrogen and oxygen atoms in total. The Labute approximate surface area is 262 Å². The number of ketones is 2. The summed E-state index contributed by atoms with van der Waals surface area (Å²) in [5.74, 6) is -2.56. The molecule has 0 aliphatic carbocycles. The maximum Gasteiger partial charge on any atom is 0.303 e. The van der Waals surface area contributed by atoms with Gasteiger partial charge in [-0.1, -0.05) is 44.2 Å². The average molecular weight is 638 g/mol. The molecule has 45 heavy (non-hydrogen) atoms. The number of rotatable bonds is 16. The summed E-state index contributed by atoms with van der Waals surface area (Å²) in [5, 5.41) is 3.22. The minimum absolute atomic E-state index is 0.0309. The van der Waals surface area contributed by atoms with Crippen molar-refractivity contribution in [2.45, 2.75) is 83.8 Å². The first-order valence-electron chi connectivity index (χ1n) is 14.7. The van der Waals surface area contributed by atoms with E-state index in [1.807, 2.05) is 13.0 Å². The van der Waals surface area contributed by atoms with Crippen molar-refractivity contribution >= 4 is 30.0 Å². The monoisotopic (exact) mass is 637 g/mol. The molecule has 2 aliphatic rings. The highest BCUT2D eigenvalue weighted by molar-refractivity contribution is 5.97. The van der Waals surface area contributed by atoms with Crippen molar-refractivity contribution in [2.24, 2.45) is 11.8 Å². The third-order valence-electron chi connectivity index (χ3n) is 7.71. The predicted molar refractivity (Wildman–Crippen MR) is 155 cm³/mol. The second-order valence-electron chi connectivity index (χ2n) is 11.1. The fourth-order valence-corrected chi connectivity index (χ4v) is 5.55. The molecular weight excluding hydrogens is 594 g/mol. The molecular formula is C31H43NO13. The van der Waals surface area contributed by atoms with Crippen molar-refractivity contribution in [1.82, 2.24) is 5.32 Å². The quantitative estimate of drug-likeness (QED) is 0.119. The minimum atomic E-state index is -1.22. The largest absolute Gasteiger partial charge is 0.465 e. The van der Waals surface area contributed by atoms with Gasteiger partial charge in [-0.3, -0.25) is 24.0 Å². The molecule has 0 bridgehead atoms. The van der Waals surface area contributed by atoms with E-state index in [9.17, 15) is 24.0 Å². The Bertz CT molecular complexity index is 1150. The van der Waals surface area contributed by atoms with Crippen LogP contribution in [0.15, 0.2) is 30.3 Å². The third-order valence-corrected chi connectivity index (χ3v) is 7.71. The molecule has 4 unspecified atom stereocenters. The topological polar surface area (TPSA) is 171 Å². The minimum Gasteiger partial charge on any atom is -0.465 e. The zero-order chi connectivity index (χ0) is 33.1. The van der Waals surface area contributed by atoms with Crippen molar-refractivity contribution in [3.05, 3.63) is 35.9 Å². The molecule has 2 aliphatic heterocycles. The zero-order valence-corrected chi connectivity index (χ0v) is 26.4. The number of nitrogens with one attached hydrogen (secondary N) is 1. The molecule has 1 aromatic carbocycles. The van der Waals surface area contributed by atoms with Crippen LogP contribution in [-0.2, 0) is 57.1 Å². The lowest BCUT2D eigenvalue weighted by Gasteiger charge is -2.49. The van der Waals surface area contributed by atoms with E-state index >= 15 is 0 Å². The number of carbonyl (C=O) groups is 5. The standard InChI is InChI=1S/C31H43NO13/c1-17(34)13-41-27-19(3)29(42-21(5)36)31(44-24(27)14-39-16-33)45-28-18(2)26(30(38-6)43-25(28)15-40-20(4)35)32-12-23(37)22-10-8-7-9-11-22/h7-11,16,18-19,24-32H,12-15H2,1-6H3/t18-,19?,24+,25?,26?,27+,28+,29+,30-,31?/m1/s1. The summed E-state index contributed by atoms with van der Waals surface area (Å²) in [5.41, 5.74) is 0.530. The maximum atomic E-state index is 12.9. The average Bonchev–Trinajstić information content (AvgIpc) is 3.00. The van der Waals surface area contributed by atoms with Crippen LogP contribution in [0, 0.1) is 11.8 Å². The van der Waals surface area contributed by atoms with Crippen LogP contribution in [0.25, 0.3) is 0 Å². The summed E-state index contributed by atoms with van der Waals surface area (Å²) in [6.45, 7) is 7.02. The lowest BCUT2D eigenvalue weighted by molar-refractivity contribution is -0.338. The van der Waals surface area contributed by atoms with Gasteiger partial charge in [0.25, 0.3) is 6.47 Å². The van der Waals surface area contributed by atoms with Crippen LogP contribution in [-0.4, -0.2) is 113 Å². The van der Waals surface area contributed by atoms with E-state index in [2.05, 4.69) is 5.32 Å². The number of methoxy groups -OCH3 is 1. The summed E-state index contributed by atoms with van der Waals surface area (Å²) in [7, 11) is 1.45. The summed E-state index contributed by atoms with van der Waals surface area (Å²) in [6, 6.07) is 8.22. The van der Waals surface area contributed by atoms with Gasteiger partial charge < -0.3 is 43.2 Å². The van der Waals surface area contributed by atoms with Crippen molar-refractivity contribution in [2.75, 3.05) is 33.5 Å². The van der Waals surface area contributed by atoms with Gasteiger partial charge in [0, 0.05) is 38.4 Å². The molecule has 0 aromatic heterocycles. The van der Waals surface area contributed by atoms with Gasteiger partial charge in [-0.15, -0.1) is 0 Å². The SMILES string of the molecule is CO[C@@H]1OC(COC(C)=O)[C@@H](OC2O[C@@H](COC=O)[C@@H](OCC(C)=O)C(C)[C@@H]2OC(C)=O)[C@H](C)C1NCC(=O)c1ccccc1. The van der Waals surface area contributed by atoms with Gasteiger partial charge >= 0.3 is 11.9 Å². The van der Waals surface area contributed by atoms with Crippen molar-refractivity contribution in [1.29, 1.82) is 0 Å². The van der Waals surface area contributed by atoms with Crippen molar-refractivity contribution in [3.8, 4) is 0 Å². The van der Waals surface area contributed by atoms with Crippen LogP contribution in [0.2, 0.25) is 0 Å². The van der Waals surface area contributed by atoms with Crippen LogP contribution in [0.5, 0.6) is 0 Å². The van der Waals surface area contributed by atoms with Crippen LogP contribution in [0.3, 0.4) is 0 Å². The lowest BCUT2D eigenvalue weighted by atomic mass is 9.87. The lowest BCUT2D eigenvalue weighted by Crippen LogP contribution is -2.64. The number of Topliss-reactive ketones (excluding diaryl/α,β-unsaturated/α-hetero) is 2. The van der Waals surface area contributed by atoms with E-state index in [1.165, 1.54) is 27.9 Å². The Balaban J connectivity index is 1.90. The molecule has 2 heterocycles. The Hall–Kier alpha value is -3.27. The normalized spacial score (nSPS) is 31.4. The Morgan fingerprint density at radius 1 is 0.867 bits per heavy atom. The third kappa shape index (κ3) is 10.1. The van der Waals surface area contributed by atoms with Crippen molar-refractivity contribution < 1.29 is 61.9 Å². The van der Waals surface area contributed by atoms with E-state index in [-0.39, 0.29) is 44.4 Å². The molecule has 0 amide bonds. The van der Waals surface area contributed by atoms with Gasteiger partial charge in [-0.25, -0.2) is 0 Å². The van der Waals surface area contributed by atoms with Crippen LogP contribution < -0.4 is 5.32 Å². The van der Waals surface area contributed by atoms with Gasteiger partial charge in [0.15, 0.2) is 30.3 Å². The number of hydrogen-bond acceptors (Lipinski definition) is 14. The number of ether oxygens (including phenoxy) is 8. The van der Waals surface area contributed by atoms with Gasteiger partial charge in [0.05, 0.1) is 24.8 Å². The van der Waals surface area contributed by atoms with Crippen LogP contribution >= 0.6 is 0 Å². The highest BCUT2D eigenvalue weighted by Gasteiger charge is 2.52. The molecule has 250 valence electrons. The summed E-state index contributed by atoms with van der Waals surface area (Å²) >= 11 is 0. The van der Waals surface area contributed by atoms with Gasteiger partial charge in [0.1, 0.15) is 32.0 Å². The Morgan fingerprint density at radius 3 is 2.13 bits per heavy atom. The summed E-state index contributed by atoms with van der Waals surface area (Å²) in [6.07, 6.45) is -6.48. The molecule has 2 saturated heterocycles. The van der Waals surface area contributed by atoms with E-state index < -0.39 is 72.9 Å². The van der Waals surface area contributed by atoms with E-state index in [1.54, 1.807) is 31.2 Å². The Kier molecular flexibility index (Phi) is 14.0. The smallest absolute Gasteiger partial charge is 0.303 e. The van der Waals surface area contributed by atoms with Gasteiger partial charge in [-0.05, 0) is 6.92 Å². The molecule has 1 aromatic rings. The number of hydrogen-bond donors (Lipinski definition) is 1. The van der Waals surface area contributed by atoms with E-state index in [0.717, 1.165) is 0 Å². The van der Waals surface area contributed by atoms with Crippen LogP contribution in [0.4, 0.5) is 0 Å². The van der Waals surface area contributed by atoms with Gasteiger partial charge in [-0.2, -0.15) is 0 Å². The van der Waals surface area contributed by atoms with Gasteiger partial charge in [0.2, 0.25) is 0 Å². The predicted octanol–water partition coefficient (Wildman–Crippen LogP) is 1.22. The molecule has 2 fully saturated rings. The first-order valence-corrected chi connectivity index (χ1v) is 14.7. The number of carbonyl (C=O) groups excluding carboxylic acids is 5. The molecule has 0 saturated carbocycles. The number of benzene rings is 1. The second-order valence-corrected chi connectivity index (χ2v) is 11.1. The number of esters is 2. The molecule has 0 radical (unpaired) electrons. The first-order chi connectivity index (χ1) is 21.5. The maximum absolute atomic E-state index is 12.9. The molecule has 3 rings (SSSR count). The zero-order valence-electron chi connectivity index (χ0n) is 26.4. The summed E-state index contributed by atoms with van der Waals surface area (Å²) in [4.78, 5) is 59.5. The molecule has 0 spiro atoms. The molecule has 14 heteroatoms. The highest BCUT2D eigenvalue weighted by Crippen LogP contribution is 2.36. The Morgan fingerprint density at radius 2 is 1.53 bits per heavy atom. The highest BCUT2D eigenvalue weighted by atomic mass is 16.7. The van der Waals surface area contributed by atoms with E-state index in [0.29, 0.717) is 5.56 Å². The summed E-state index contributed by atoms with van der Waals surface area (Å²) < 4.78 is 46.2. The fraction of sp³-hybridized carbons (Fsp3) is 0.645.